The molecule has 3 heterocycles. The van der Waals surface area contributed by atoms with Gasteiger partial charge in [-0.25, -0.2) is 8.42 Å². The summed E-state index contributed by atoms with van der Waals surface area (Å²) < 4.78 is 38.4. The molecule has 1 spiro atoms. The number of hydrogen-bond donors (Lipinski definition) is 0. The molecule has 4 aromatic carbocycles. The highest BCUT2D eigenvalue weighted by molar-refractivity contribution is 7.91. The van der Waals surface area contributed by atoms with Crippen molar-refractivity contribution in [2.24, 2.45) is 0 Å². The molecule has 0 saturated heterocycles. The van der Waals surface area contributed by atoms with Crippen LogP contribution in [0.3, 0.4) is 0 Å². The van der Waals surface area contributed by atoms with Gasteiger partial charge in [-0.2, -0.15) is 0 Å². The fourth-order valence-electron chi connectivity index (χ4n) is 6.32. The molecular formula is C33H21NO4S. The van der Waals surface area contributed by atoms with Crippen LogP contribution in [0.1, 0.15) is 22.3 Å². The summed E-state index contributed by atoms with van der Waals surface area (Å²) in [5.41, 5.74) is 6.62. The van der Waals surface area contributed by atoms with Crippen LogP contribution in [-0.4, -0.2) is 8.42 Å². The SMILES string of the molecule is O=S(=O)(c1ccccc1)c1ccc(N2c3ccccc3C3(c4ccccc42)c2ccoc2-c2occc23)cc1. The fraction of sp³-hybridized carbons (Fsp3) is 0.0303. The Balaban J connectivity index is 1.35. The molecule has 0 saturated carbocycles. The molecule has 1 aliphatic heterocycles. The number of hydrogen-bond acceptors (Lipinski definition) is 5. The zero-order valence-electron chi connectivity index (χ0n) is 20.6. The first-order chi connectivity index (χ1) is 19.1. The molecular weight excluding hydrogens is 506 g/mol. The second-order valence-electron chi connectivity index (χ2n) is 9.76. The van der Waals surface area contributed by atoms with Gasteiger partial charge in [0.05, 0.1) is 39.1 Å². The number of nitrogens with zero attached hydrogens (tertiary/aromatic N) is 1. The summed E-state index contributed by atoms with van der Waals surface area (Å²) in [6.07, 6.45) is 3.45. The van der Waals surface area contributed by atoms with E-state index in [2.05, 4.69) is 41.3 Å². The lowest BCUT2D eigenvalue weighted by atomic mass is 9.65. The molecule has 0 N–H and O–H groups in total. The molecule has 8 rings (SSSR count). The maximum absolute atomic E-state index is 13.2. The van der Waals surface area contributed by atoms with Crippen molar-refractivity contribution in [3.8, 4) is 11.5 Å². The maximum Gasteiger partial charge on any atom is 0.206 e. The van der Waals surface area contributed by atoms with Gasteiger partial charge in [0.2, 0.25) is 9.84 Å². The van der Waals surface area contributed by atoms with E-state index in [1.807, 2.05) is 42.5 Å². The average Bonchev–Trinajstić information content (AvgIpc) is 3.71. The Morgan fingerprint density at radius 2 is 1.00 bits per heavy atom. The van der Waals surface area contributed by atoms with Gasteiger partial charge in [-0.1, -0.05) is 54.6 Å². The second kappa shape index (κ2) is 7.85. The van der Waals surface area contributed by atoms with Crippen LogP contribution in [0.2, 0.25) is 0 Å². The molecule has 188 valence electrons. The highest BCUT2D eigenvalue weighted by Crippen LogP contribution is 2.63. The highest BCUT2D eigenvalue weighted by Gasteiger charge is 2.54. The van der Waals surface area contributed by atoms with Gasteiger partial charge in [-0.15, -0.1) is 0 Å². The summed E-state index contributed by atoms with van der Waals surface area (Å²) in [5.74, 6) is 1.51. The van der Waals surface area contributed by atoms with E-state index in [4.69, 9.17) is 8.83 Å². The Morgan fingerprint density at radius 3 is 1.56 bits per heavy atom. The van der Waals surface area contributed by atoms with Crippen molar-refractivity contribution in [1.29, 1.82) is 0 Å². The monoisotopic (exact) mass is 527 g/mol. The van der Waals surface area contributed by atoms with Gasteiger partial charge in [0.15, 0.2) is 11.5 Å². The van der Waals surface area contributed by atoms with Crippen molar-refractivity contribution < 1.29 is 17.3 Å². The zero-order chi connectivity index (χ0) is 26.2. The summed E-state index contributed by atoms with van der Waals surface area (Å²) in [7, 11) is -3.62. The van der Waals surface area contributed by atoms with Crippen molar-refractivity contribution in [3.63, 3.8) is 0 Å². The smallest absolute Gasteiger partial charge is 0.206 e. The molecule has 0 fully saturated rings. The summed E-state index contributed by atoms with van der Waals surface area (Å²) in [6.45, 7) is 0. The lowest BCUT2D eigenvalue weighted by Gasteiger charge is -2.44. The minimum atomic E-state index is -3.62. The normalized spacial score (nSPS) is 14.5. The van der Waals surface area contributed by atoms with Gasteiger partial charge in [0.25, 0.3) is 0 Å². The summed E-state index contributed by atoms with van der Waals surface area (Å²) in [4.78, 5) is 2.74. The van der Waals surface area contributed by atoms with E-state index in [0.717, 1.165) is 50.8 Å². The highest BCUT2D eigenvalue weighted by atomic mass is 32.2. The molecule has 39 heavy (non-hydrogen) atoms. The Labute approximate surface area is 225 Å². The molecule has 6 aromatic rings. The van der Waals surface area contributed by atoms with Crippen LogP contribution in [0.15, 0.2) is 146 Å². The van der Waals surface area contributed by atoms with E-state index in [1.165, 1.54) is 0 Å². The summed E-state index contributed by atoms with van der Waals surface area (Å²) in [6, 6.07) is 36.4. The minimum absolute atomic E-state index is 0.259. The van der Waals surface area contributed by atoms with Crippen molar-refractivity contribution in [3.05, 3.63) is 150 Å². The first kappa shape index (κ1) is 22.2. The lowest BCUT2D eigenvalue weighted by Crippen LogP contribution is -2.35. The van der Waals surface area contributed by atoms with Crippen LogP contribution in [0.25, 0.3) is 11.5 Å². The Morgan fingerprint density at radius 1 is 0.513 bits per heavy atom. The third-order valence-electron chi connectivity index (χ3n) is 7.90. The number of sulfone groups is 1. The van der Waals surface area contributed by atoms with Crippen LogP contribution >= 0.6 is 0 Å². The van der Waals surface area contributed by atoms with Crippen molar-refractivity contribution in [1.82, 2.24) is 0 Å². The first-order valence-electron chi connectivity index (χ1n) is 12.7. The van der Waals surface area contributed by atoms with Gasteiger partial charge < -0.3 is 13.7 Å². The number of rotatable bonds is 3. The topological polar surface area (TPSA) is 63.7 Å². The standard InChI is InChI=1S/C33H21NO4S/c35-39(36,23-8-2-1-3-9-23)24-16-14-22(15-17-24)34-29-12-6-4-10-25(29)33(26-11-5-7-13-30(26)34)27-18-20-37-31(27)32-28(33)19-21-38-32/h1-21H. The Kier molecular flexibility index (Phi) is 4.47. The average molecular weight is 528 g/mol. The first-order valence-corrected chi connectivity index (χ1v) is 14.2. The van der Waals surface area contributed by atoms with Crippen LogP contribution in [0.4, 0.5) is 17.1 Å². The summed E-state index contributed by atoms with van der Waals surface area (Å²) in [5, 5.41) is 0. The Hall–Kier alpha value is -4.81. The molecule has 5 nitrogen and oxygen atoms in total. The predicted octanol–water partition coefficient (Wildman–Crippen LogP) is 7.85. The zero-order valence-corrected chi connectivity index (χ0v) is 21.4. The van der Waals surface area contributed by atoms with Gasteiger partial charge in [-0.05, 0) is 71.8 Å². The van der Waals surface area contributed by atoms with Crippen LogP contribution in [-0.2, 0) is 15.3 Å². The van der Waals surface area contributed by atoms with Gasteiger partial charge in [0, 0.05) is 16.8 Å². The molecule has 0 bridgehead atoms. The number of furan rings is 2. The van der Waals surface area contributed by atoms with E-state index in [1.54, 1.807) is 48.9 Å². The van der Waals surface area contributed by atoms with E-state index < -0.39 is 15.3 Å². The quantitative estimate of drug-likeness (QED) is 0.234. The number of benzene rings is 4. The van der Waals surface area contributed by atoms with E-state index in [-0.39, 0.29) is 9.79 Å². The number of anilines is 3. The number of fused-ring (bicyclic) bond motifs is 9. The van der Waals surface area contributed by atoms with Crippen molar-refractivity contribution in [2.45, 2.75) is 15.2 Å². The van der Waals surface area contributed by atoms with Gasteiger partial charge in [0.1, 0.15) is 0 Å². The molecule has 0 unspecified atom stereocenters. The van der Waals surface area contributed by atoms with E-state index >= 15 is 0 Å². The van der Waals surface area contributed by atoms with Gasteiger partial charge >= 0.3 is 0 Å². The molecule has 1 aliphatic carbocycles. The van der Waals surface area contributed by atoms with E-state index in [0.29, 0.717) is 0 Å². The predicted molar refractivity (Wildman–Crippen MR) is 148 cm³/mol. The van der Waals surface area contributed by atoms with Crippen LogP contribution in [0.5, 0.6) is 0 Å². The van der Waals surface area contributed by atoms with Crippen molar-refractivity contribution in [2.75, 3.05) is 4.90 Å². The van der Waals surface area contributed by atoms with Gasteiger partial charge in [-0.3, -0.25) is 0 Å². The molecule has 0 amide bonds. The minimum Gasteiger partial charge on any atom is -0.461 e. The molecule has 6 heteroatoms. The Bertz CT molecular complexity index is 1900. The molecule has 0 radical (unpaired) electrons. The third-order valence-corrected chi connectivity index (χ3v) is 9.69. The molecule has 2 aliphatic rings. The van der Waals surface area contributed by atoms with E-state index in [9.17, 15) is 8.42 Å². The largest absolute Gasteiger partial charge is 0.461 e. The maximum atomic E-state index is 13.2. The van der Waals surface area contributed by atoms with Crippen molar-refractivity contribution >= 4 is 26.9 Å². The summed E-state index contributed by atoms with van der Waals surface area (Å²) >= 11 is 0. The molecule has 2 aromatic heterocycles. The van der Waals surface area contributed by atoms with Crippen LogP contribution in [0, 0.1) is 0 Å². The molecule has 0 atom stereocenters. The number of para-hydroxylation sites is 2. The fourth-order valence-corrected chi connectivity index (χ4v) is 7.60. The van der Waals surface area contributed by atoms with Crippen LogP contribution < -0.4 is 4.90 Å². The second-order valence-corrected chi connectivity index (χ2v) is 11.7. The lowest BCUT2D eigenvalue weighted by molar-refractivity contribution is 0.525. The third kappa shape index (κ3) is 2.81.